The van der Waals surface area contributed by atoms with Gasteiger partial charge in [-0.3, -0.25) is 5.41 Å². The van der Waals surface area contributed by atoms with Crippen molar-refractivity contribution in [1.29, 1.82) is 5.41 Å². The maximum Gasteiger partial charge on any atom is 0.433 e. The van der Waals surface area contributed by atoms with Gasteiger partial charge in [-0.2, -0.15) is 5.06 Å². The molecule has 1 aliphatic heterocycles. The standard InChI is InChI=1S/C7H12N4O2/c1-10(2)7(12)13-11-5-9-4-3-6(11)8/h3-4,8-9H,5H2,1-2H3. The van der Waals surface area contributed by atoms with Crippen LogP contribution in [0.3, 0.4) is 0 Å². The molecule has 0 spiro atoms. The highest BCUT2D eigenvalue weighted by Gasteiger charge is 2.16. The molecule has 0 saturated carbocycles. The van der Waals surface area contributed by atoms with Crippen LogP contribution in [0.2, 0.25) is 0 Å². The van der Waals surface area contributed by atoms with E-state index in [0.29, 0.717) is 6.67 Å². The highest BCUT2D eigenvalue weighted by molar-refractivity contribution is 5.90. The van der Waals surface area contributed by atoms with Gasteiger partial charge in [0.25, 0.3) is 0 Å². The summed E-state index contributed by atoms with van der Waals surface area (Å²) < 4.78 is 0. The Morgan fingerprint density at radius 1 is 1.77 bits per heavy atom. The van der Waals surface area contributed by atoms with Crippen LogP contribution in [0.5, 0.6) is 0 Å². The Bertz CT molecular complexity index is 249. The quantitative estimate of drug-likeness (QED) is 0.599. The lowest BCUT2D eigenvalue weighted by molar-refractivity contribution is -0.0529. The summed E-state index contributed by atoms with van der Waals surface area (Å²) in [4.78, 5) is 17.2. The first-order valence-corrected chi connectivity index (χ1v) is 3.76. The first-order valence-electron chi connectivity index (χ1n) is 3.76. The van der Waals surface area contributed by atoms with Gasteiger partial charge in [-0.25, -0.2) is 4.79 Å². The van der Waals surface area contributed by atoms with E-state index in [1.807, 2.05) is 0 Å². The fraction of sp³-hybridized carbons (Fsp3) is 0.429. The molecular weight excluding hydrogens is 172 g/mol. The Balaban J connectivity index is 2.49. The van der Waals surface area contributed by atoms with Gasteiger partial charge in [-0.15, -0.1) is 0 Å². The summed E-state index contributed by atoms with van der Waals surface area (Å²) in [6, 6.07) is 0. The van der Waals surface area contributed by atoms with E-state index < -0.39 is 6.09 Å². The van der Waals surface area contributed by atoms with E-state index in [-0.39, 0.29) is 5.84 Å². The van der Waals surface area contributed by atoms with Gasteiger partial charge >= 0.3 is 6.09 Å². The third-order valence-corrected chi connectivity index (χ3v) is 1.42. The Morgan fingerprint density at radius 3 is 3.00 bits per heavy atom. The van der Waals surface area contributed by atoms with Gasteiger partial charge in [-0.1, -0.05) is 0 Å². The molecule has 0 saturated heterocycles. The number of carbonyl (C=O) groups excluding carboxylic acids is 1. The van der Waals surface area contributed by atoms with Crippen LogP contribution in [0.15, 0.2) is 12.3 Å². The number of carbonyl (C=O) groups is 1. The summed E-state index contributed by atoms with van der Waals surface area (Å²) in [6.45, 7) is 0.301. The van der Waals surface area contributed by atoms with E-state index in [1.165, 1.54) is 16.0 Å². The number of hydrogen-bond donors (Lipinski definition) is 2. The van der Waals surface area contributed by atoms with Crippen LogP contribution in [-0.4, -0.2) is 42.7 Å². The largest absolute Gasteiger partial charge is 0.433 e. The summed E-state index contributed by atoms with van der Waals surface area (Å²) in [7, 11) is 3.17. The zero-order chi connectivity index (χ0) is 9.84. The molecule has 0 bridgehead atoms. The highest BCUT2D eigenvalue weighted by Crippen LogP contribution is 1.99. The lowest BCUT2D eigenvalue weighted by Gasteiger charge is -2.25. The van der Waals surface area contributed by atoms with Crippen molar-refractivity contribution in [3.63, 3.8) is 0 Å². The second kappa shape index (κ2) is 3.79. The van der Waals surface area contributed by atoms with Gasteiger partial charge in [0.1, 0.15) is 6.67 Å². The van der Waals surface area contributed by atoms with Crippen molar-refractivity contribution in [1.82, 2.24) is 15.3 Å². The van der Waals surface area contributed by atoms with Crippen molar-refractivity contribution in [3.8, 4) is 0 Å². The van der Waals surface area contributed by atoms with Gasteiger partial charge in [0, 0.05) is 20.3 Å². The molecule has 72 valence electrons. The zero-order valence-electron chi connectivity index (χ0n) is 7.57. The molecule has 6 nitrogen and oxygen atoms in total. The second-order valence-corrected chi connectivity index (χ2v) is 2.71. The third-order valence-electron chi connectivity index (χ3n) is 1.42. The average molecular weight is 184 g/mol. The smallest absolute Gasteiger partial charge is 0.371 e. The molecule has 0 atom stereocenters. The minimum Gasteiger partial charge on any atom is -0.371 e. The van der Waals surface area contributed by atoms with Gasteiger partial charge in [0.2, 0.25) is 0 Å². The Kier molecular flexibility index (Phi) is 2.73. The van der Waals surface area contributed by atoms with Crippen LogP contribution in [0.1, 0.15) is 0 Å². The summed E-state index contributed by atoms with van der Waals surface area (Å²) in [5.41, 5.74) is 0. The average Bonchev–Trinajstić information content (AvgIpc) is 2.08. The van der Waals surface area contributed by atoms with Crippen molar-refractivity contribution in [2.75, 3.05) is 20.8 Å². The predicted molar refractivity (Wildman–Crippen MR) is 46.9 cm³/mol. The lowest BCUT2D eigenvalue weighted by Crippen LogP contribution is -2.42. The SMILES string of the molecule is CN(C)C(=O)ON1CNC=CC1=N. The third kappa shape index (κ3) is 2.36. The van der Waals surface area contributed by atoms with Crippen LogP contribution < -0.4 is 5.32 Å². The fourth-order valence-corrected chi connectivity index (χ4v) is 0.699. The fourth-order valence-electron chi connectivity index (χ4n) is 0.699. The van der Waals surface area contributed by atoms with Crippen LogP contribution >= 0.6 is 0 Å². The minimum absolute atomic E-state index is 0.147. The first-order chi connectivity index (χ1) is 6.11. The maximum atomic E-state index is 11.1. The van der Waals surface area contributed by atoms with Crippen LogP contribution in [-0.2, 0) is 4.84 Å². The van der Waals surface area contributed by atoms with Crippen LogP contribution in [0.4, 0.5) is 4.79 Å². The molecule has 0 aromatic carbocycles. The van der Waals surface area contributed by atoms with Crippen molar-refractivity contribution in [3.05, 3.63) is 12.3 Å². The maximum absolute atomic E-state index is 11.1. The predicted octanol–water partition coefficient (Wildman–Crippen LogP) is -0.0467. The second-order valence-electron chi connectivity index (χ2n) is 2.71. The van der Waals surface area contributed by atoms with Crippen molar-refractivity contribution in [2.24, 2.45) is 0 Å². The van der Waals surface area contributed by atoms with Crippen LogP contribution in [0, 0.1) is 5.41 Å². The molecule has 0 aliphatic carbocycles. The molecule has 6 heteroatoms. The summed E-state index contributed by atoms with van der Waals surface area (Å²) in [5.74, 6) is 0.147. The topological polar surface area (TPSA) is 68.7 Å². The normalized spacial score (nSPS) is 15.2. The number of hydroxylamine groups is 2. The van der Waals surface area contributed by atoms with Gasteiger partial charge in [-0.05, 0) is 6.08 Å². The zero-order valence-corrected chi connectivity index (χ0v) is 7.57. The van der Waals surface area contributed by atoms with Crippen molar-refractivity contribution in [2.45, 2.75) is 0 Å². The first kappa shape index (κ1) is 9.37. The molecule has 1 rings (SSSR count). The van der Waals surface area contributed by atoms with Crippen molar-refractivity contribution >= 4 is 11.9 Å². The summed E-state index contributed by atoms with van der Waals surface area (Å²) in [5, 5.41) is 11.4. The highest BCUT2D eigenvalue weighted by atomic mass is 16.7. The Hall–Kier alpha value is -1.72. The molecule has 0 radical (unpaired) electrons. The molecule has 0 aromatic rings. The van der Waals surface area contributed by atoms with Gasteiger partial charge in [0.05, 0.1) is 0 Å². The Morgan fingerprint density at radius 2 is 2.46 bits per heavy atom. The van der Waals surface area contributed by atoms with E-state index in [4.69, 9.17) is 10.2 Å². The van der Waals surface area contributed by atoms with Crippen LogP contribution in [0.25, 0.3) is 0 Å². The number of amidine groups is 1. The molecule has 0 aromatic heterocycles. The summed E-state index contributed by atoms with van der Waals surface area (Å²) in [6.07, 6.45) is 2.64. The molecular formula is C7H12N4O2. The van der Waals surface area contributed by atoms with Gasteiger partial charge < -0.3 is 15.1 Å². The minimum atomic E-state index is -0.498. The molecule has 13 heavy (non-hydrogen) atoms. The van der Waals surface area contributed by atoms with E-state index >= 15 is 0 Å². The van der Waals surface area contributed by atoms with E-state index in [0.717, 1.165) is 0 Å². The van der Waals surface area contributed by atoms with Gasteiger partial charge in [0.15, 0.2) is 5.84 Å². The van der Waals surface area contributed by atoms with E-state index in [2.05, 4.69) is 5.32 Å². The molecule has 1 heterocycles. The number of rotatable bonds is 1. The molecule has 0 unspecified atom stereocenters. The molecule has 1 amide bonds. The number of amides is 1. The van der Waals surface area contributed by atoms with E-state index in [1.54, 1.807) is 20.3 Å². The van der Waals surface area contributed by atoms with Crippen molar-refractivity contribution < 1.29 is 9.63 Å². The molecule has 0 fully saturated rings. The van der Waals surface area contributed by atoms with E-state index in [9.17, 15) is 4.79 Å². The monoisotopic (exact) mass is 184 g/mol. The number of hydrogen-bond acceptors (Lipinski definition) is 4. The number of nitrogens with zero attached hydrogens (tertiary/aromatic N) is 2. The molecule has 1 aliphatic rings. The molecule has 2 N–H and O–H groups in total. The number of nitrogens with one attached hydrogen (secondary N) is 2. The Labute approximate surface area is 76.2 Å². The summed E-state index contributed by atoms with van der Waals surface area (Å²) >= 11 is 0. The lowest BCUT2D eigenvalue weighted by atomic mass is 10.5.